The Morgan fingerprint density at radius 1 is 0.250 bits per heavy atom. The molecule has 0 saturated carbocycles. The minimum absolute atomic E-state index is 0. The van der Waals surface area contributed by atoms with Gasteiger partial charge in [0.2, 0.25) is 0 Å². The summed E-state index contributed by atoms with van der Waals surface area (Å²) in [6.45, 7) is 0. The fourth-order valence-corrected chi connectivity index (χ4v) is 11.5. The van der Waals surface area contributed by atoms with Crippen molar-refractivity contribution in [2.24, 2.45) is 0 Å². The van der Waals surface area contributed by atoms with Crippen LogP contribution in [0.25, 0.3) is 166 Å². The van der Waals surface area contributed by atoms with Gasteiger partial charge in [-0.2, -0.15) is 0 Å². The molecule has 0 bridgehead atoms. The Morgan fingerprint density at radius 3 is 0.841 bits per heavy atom. The van der Waals surface area contributed by atoms with Crippen molar-refractivity contribution in [3.05, 3.63) is 292 Å². The van der Waals surface area contributed by atoms with Crippen molar-refractivity contribution in [3.63, 3.8) is 0 Å². The van der Waals surface area contributed by atoms with Crippen LogP contribution in [-0.4, -0.2) is 29.9 Å². The maximum Gasteiger partial charge on any atom is 3.00 e. The predicted octanol–water partition coefficient (Wildman–Crippen LogP) is 20.0. The second kappa shape index (κ2) is 22.9. The van der Waals surface area contributed by atoms with Crippen molar-refractivity contribution in [1.82, 2.24) is 29.9 Å². The first-order chi connectivity index (χ1) is 43.1. The van der Waals surface area contributed by atoms with E-state index >= 15 is 0 Å². The molecule has 88 heavy (non-hydrogen) atoms. The summed E-state index contributed by atoms with van der Waals surface area (Å²) in [4.78, 5) is 27.8. The maximum atomic E-state index is 6.12. The van der Waals surface area contributed by atoms with Crippen LogP contribution >= 0.6 is 0 Å². The number of hydrogen-bond acceptors (Lipinski definition) is 9. The zero-order valence-electron chi connectivity index (χ0n) is 46.7. The van der Waals surface area contributed by atoms with Crippen molar-refractivity contribution in [2.45, 2.75) is 0 Å². The number of hydrogen-bond donors (Lipinski definition) is 0. The third-order valence-electron chi connectivity index (χ3n) is 15.8. The normalized spacial score (nSPS) is 11.3. The van der Waals surface area contributed by atoms with Crippen LogP contribution in [0.1, 0.15) is 0 Å². The predicted molar refractivity (Wildman–Crippen MR) is 350 cm³/mol. The summed E-state index contributed by atoms with van der Waals surface area (Å²) in [7, 11) is 0. The molecule has 10 heteroatoms. The van der Waals surface area contributed by atoms with Gasteiger partial charge in [0.15, 0.2) is 0 Å². The minimum atomic E-state index is 0. The molecule has 0 amide bonds. The van der Waals surface area contributed by atoms with E-state index in [1.807, 2.05) is 201 Å². The van der Waals surface area contributed by atoms with Gasteiger partial charge in [-0.25, -0.2) is 0 Å². The first kappa shape index (κ1) is 53.4. The third kappa shape index (κ3) is 9.98. The smallest absolute Gasteiger partial charge is 0.501 e. The van der Waals surface area contributed by atoms with Crippen molar-refractivity contribution in [1.29, 1.82) is 0 Å². The van der Waals surface area contributed by atoms with E-state index in [1.54, 1.807) is 0 Å². The van der Waals surface area contributed by atoms with E-state index in [2.05, 4.69) is 106 Å². The van der Waals surface area contributed by atoms with Crippen molar-refractivity contribution >= 4 is 98.5 Å². The van der Waals surface area contributed by atoms with Crippen LogP contribution in [0.5, 0.6) is 0 Å². The summed E-state index contributed by atoms with van der Waals surface area (Å²) in [6.07, 6.45) is 11.3. The third-order valence-corrected chi connectivity index (χ3v) is 15.8. The average Bonchev–Trinajstić information content (AvgIpc) is 4.49. The minimum Gasteiger partial charge on any atom is -0.501 e. The van der Waals surface area contributed by atoms with E-state index in [9.17, 15) is 0 Å². The SMILES string of the molecule is [Ir+3].[c-]1ccc2c(oc3ccccc32)c1-c1ccc(-c2cnc3ccccc3c2)cn1.[c-]1ccc2c(oc3ccccc32)c1-c1ccc(-c2cnc3ccccc3c2)cn1.[c-]1ccc2c(oc3ccccc32)c1-c1ccc(-c2cnc3ccccc3c2)cn1. The van der Waals surface area contributed by atoms with Gasteiger partial charge in [0.05, 0.1) is 33.3 Å². The van der Waals surface area contributed by atoms with E-state index in [0.29, 0.717) is 0 Å². The summed E-state index contributed by atoms with van der Waals surface area (Å²) in [5.74, 6) is 0. The average molecular weight is 1310 g/mol. The van der Waals surface area contributed by atoms with Crippen LogP contribution in [0.15, 0.2) is 287 Å². The molecule has 0 unspecified atom stereocenters. The van der Waals surface area contributed by atoms with Gasteiger partial charge in [-0.1, -0.05) is 178 Å². The standard InChI is InChI=1S/3C26H15N2O.Ir/c3*1-3-10-23-17(6-1)14-19(16-27-23)18-12-13-24(28-15-18)22-9-5-8-21-20-7-2-4-11-25(20)29-26(21)22;/h3*1-8,10-16H;/q3*-1;+3. The summed E-state index contributed by atoms with van der Waals surface area (Å²) < 4.78 is 18.4. The van der Waals surface area contributed by atoms with E-state index in [-0.39, 0.29) is 20.1 Å². The van der Waals surface area contributed by atoms with E-state index in [1.165, 1.54) is 0 Å². The number of pyridine rings is 6. The summed E-state index contributed by atoms with van der Waals surface area (Å²) in [6, 6.07) is 89.1. The Labute approximate surface area is 517 Å². The maximum absolute atomic E-state index is 6.12. The Balaban J connectivity index is 0.000000110. The summed E-state index contributed by atoms with van der Waals surface area (Å²) in [5.41, 5.74) is 19.5. The van der Waals surface area contributed by atoms with Crippen LogP contribution in [0.3, 0.4) is 0 Å². The second-order valence-corrected chi connectivity index (χ2v) is 21.1. The number of fused-ring (bicyclic) bond motifs is 12. The summed E-state index contributed by atoms with van der Waals surface area (Å²) in [5, 5.41) is 9.93. The zero-order valence-corrected chi connectivity index (χ0v) is 49.1. The Kier molecular flexibility index (Phi) is 13.9. The molecule has 0 aliphatic carbocycles. The Hall–Kier alpha value is -11.3. The second-order valence-electron chi connectivity index (χ2n) is 21.1. The molecule has 0 spiro atoms. The molecule has 0 aliphatic rings. The molecule has 9 nitrogen and oxygen atoms in total. The largest absolute Gasteiger partial charge is 3.00 e. The van der Waals surface area contributed by atoms with Gasteiger partial charge in [-0.05, 0) is 88.4 Å². The molecule has 9 aromatic heterocycles. The van der Waals surface area contributed by atoms with E-state index in [4.69, 9.17) is 28.2 Å². The molecule has 9 aromatic carbocycles. The monoisotopic (exact) mass is 1310 g/mol. The molecule has 0 radical (unpaired) electrons. The van der Waals surface area contributed by atoms with Crippen molar-refractivity contribution in [2.75, 3.05) is 0 Å². The van der Waals surface area contributed by atoms with Gasteiger partial charge in [-0.3, -0.25) is 15.0 Å². The molecule has 0 N–H and O–H groups in total. The molecule has 414 valence electrons. The van der Waals surface area contributed by atoms with Crippen LogP contribution in [0.2, 0.25) is 0 Å². The fraction of sp³-hybridized carbons (Fsp3) is 0. The van der Waals surface area contributed by atoms with Crippen LogP contribution in [-0.2, 0) is 20.1 Å². The van der Waals surface area contributed by atoms with E-state index in [0.717, 1.165) is 166 Å². The molecule has 18 aromatic rings. The van der Waals surface area contributed by atoms with Gasteiger partial charge in [0.25, 0.3) is 0 Å². The topological polar surface area (TPSA) is 117 Å². The first-order valence-electron chi connectivity index (χ1n) is 28.5. The number of benzene rings is 9. The molecule has 0 saturated heterocycles. The molecule has 0 atom stereocenters. The number of aromatic nitrogens is 6. The van der Waals surface area contributed by atoms with Crippen molar-refractivity contribution < 1.29 is 33.4 Å². The van der Waals surface area contributed by atoms with Gasteiger partial charge in [0.1, 0.15) is 16.7 Å². The quantitative estimate of drug-likeness (QED) is 0.150. The molecule has 9 heterocycles. The Morgan fingerprint density at radius 2 is 0.534 bits per heavy atom. The molecular weight excluding hydrogens is 1260 g/mol. The van der Waals surface area contributed by atoms with Crippen LogP contribution in [0, 0.1) is 18.2 Å². The summed E-state index contributed by atoms with van der Waals surface area (Å²) >= 11 is 0. The van der Waals surface area contributed by atoms with Gasteiger partial charge in [0, 0.05) is 86.2 Å². The molecular formula is C78H45IrN6O3. The molecule has 18 rings (SSSR count). The number of nitrogens with zero attached hydrogens (tertiary/aromatic N) is 6. The van der Waals surface area contributed by atoms with Gasteiger partial charge >= 0.3 is 20.1 Å². The Bertz CT molecular complexity index is 5050. The number of furan rings is 3. The molecule has 0 fully saturated rings. The number of rotatable bonds is 6. The number of para-hydroxylation sites is 6. The van der Waals surface area contributed by atoms with Gasteiger partial charge < -0.3 is 28.2 Å². The fourth-order valence-electron chi connectivity index (χ4n) is 11.5. The van der Waals surface area contributed by atoms with Gasteiger partial charge in [-0.15, -0.1) is 54.6 Å². The van der Waals surface area contributed by atoms with Crippen molar-refractivity contribution in [3.8, 4) is 67.2 Å². The first-order valence-corrected chi connectivity index (χ1v) is 28.5. The zero-order chi connectivity index (χ0) is 57.6. The van der Waals surface area contributed by atoms with E-state index < -0.39 is 0 Å². The molecule has 0 aliphatic heterocycles. The van der Waals surface area contributed by atoms with Crippen LogP contribution < -0.4 is 0 Å². The van der Waals surface area contributed by atoms with Crippen LogP contribution in [0.4, 0.5) is 0 Å².